The predicted octanol–water partition coefficient (Wildman–Crippen LogP) is 5.08. The summed E-state index contributed by atoms with van der Waals surface area (Å²) in [7, 11) is 5.16. The summed E-state index contributed by atoms with van der Waals surface area (Å²) in [5, 5.41) is 3.76. The third kappa shape index (κ3) is 4.27. The van der Waals surface area contributed by atoms with E-state index in [0.29, 0.717) is 33.9 Å². The van der Waals surface area contributed by atoms with Crippen LogP contribution in [0.4, 0.5) is 10.1 Å². The van der Waals surface area contributed by atoms with Crippen LogP contribution in [0, 0.1) is 5.82 Å². The molecule has 172 valence electrons. The van der Waals surface area contributed by atoms with Gasteiger partial charge in [0.2, 0.25) is 0 Å². The largest absolute Gasteiger partial charge is 0.466 e. The van der Waals surface area contributed by atoms with Gasteiger partial charge in [-0.3, -0.25) is 4.79 Å². The van der Waals surface area contributed by atoms with Crippen LogP contribution in [0.15, 0.2) is 65.0 Å². The zero-order valence-electron chi connectivity index (χ0n) is 19.0. The minimum atomic E-state index is -0.626. The van der Waals surface area contributed by atoms with Gasteiger partial charge in [0.1, 0.15) is 5.82 Å². The van der Waals surface area contributed by atoms with Gasteiger partial charge in [-0.15, -0.1) is 0 Å². The summed E-state index contributed by atoms with van der Waals surface area (Å²) >= 11 is 6.69. The second-order valence-electron chi connectivity index (χ2n) is 8.66. The number of benzene rings is 2. The Balaban J connectivity index is 1.82. The first-order valence-corrected chi connectivity index (χ1v) is 11.1. The molecule has 0 saturated carbocycles. The van der Waals surface area contributed by atoms with Crippen molar-refractivity contribution in [3.8, 4) is 0 Å². The summed E-state index contributed by atoms with van der Waals surface area (Å²) in [6.07, 6.45) is 0.839. The lowest BCUT2D eigenvalue weighted by Gasteiger charge is -2.37. The number of rotatable bonds is 4. The van der Waals surface area contributed by atoms with Crippen LogP contribution in [0.1, 0.15) is 42.7 Å². The van der Waals surface area contributed by atoms with Gasteiger partial charge in [-0.1, -0.05) is 29.8 Å². The van der Waals surface area contributed by atoms with Crippen molar-refractivity contribution in [3.63, 3.8) is 0 Å². The van der Waals surface area contributed by atoms with Gasteiger partial charge in [0.05, 0.1) is 12.7 Å². The lowest BCUT2D eigenvalue weighted by atomic mass is 9.71. The average Bonchev–Trinajstić information content (AvgIpc) is 2.78. The first-order valence-electron chi connectivity index (χ1n) is 10.8. The summed E-state index contributed by atoms with van der Waals surface area (Å²) in [6, 6.07) is 11.9. The second kappa shape index (κ2) is 9.02. The fraction of sp³-hybridized carbons (Fsp3) is 0.308. The van der Waals surface area contributed by atoms with E-state index >= 15 is 0 Å². The molecule has 1 aliphatic heterocycles. The van der Waals surface area contributed by atoms with Gasteiger partial charge in [0.25, 0.3) is 0 Å². The number of carbonyl (C=O) groups is 2. The highest BCUT2D eigenvalue weighted by Gasteiger charge is 2.42. The van der Waals surface area contributed by atoms with Gasteiger partial charge in [-0.05, 0) is 54.7 Å². The van der Waals surface area contributed by atoms with Crippen molar-refractivity contribution in [2.45, 2.75) is 31.6 Å². The second-order valence-corrected chi connectivity index (χ2v) is 9.07. The molecule has 0 spiro atoms. The number of methoxy groups -OCH3 is 1. The maximum atomic E-state index is 13.5. The van der Waals surface area contributed by atoms with Crippen LogP contribution in [0.5, 0.6) is 0 Å². The van der Waals surface area contributed by atoms with Crippen molar-refractivity contribution in [3.05, 3.63) is 87.0 Å². The fourth-order valence-corrected chi connectivity index (χ4v) is 5.01. The minimum absolute atomic E-state index is 0.0651. The predicted molar refractivity (Wildman–Crippen MR) is 127 cm³/mol. The number of nitrogens with zero attached hydrogens (tertiary/aromatic N) is 1. The molecule has 7 heteroatoms. The van der Waals surface area contributed by atoms with Crippen molar-refractivity contribution in [2.75, 3.05) is 26.1 Å². The molecule has 2 aliphatic rings. The zero-order valence-corrected chi connectivity index (χ0v) is 19.8. The average molecular weight is 469 g/mol. The maximum Gasteiger partial charge on any atom is 0.336 e. The zero-order chi connectivity index (χ0) is 23.9. The molecule has 0 amide bonds. The molecule has 33 heavy (non-hydrogen) atoms. The third-order valence-electron chi connectivity index (χ3n) is 6.39. The Labute approximate surface area is 197 Å². The molecular weight excluding hydrogens is 443 g/mol. The standard InChI is InChI=1S/C26H26ClFN2O3/c1-14-23(26(32)33-4)24(19-10-9-18(30(2)3)13-20(19)27)25-21(29-14)11-16(12-22(25)31)15-5-7-17(28)8-6-15/h5-10,13,16,24,29H,11-12H2,1-4H3/t16-,24+/m1/s1. The van der Waals surface area contributed by atoms with Crippen molar-refractivity contribution < 1.29 is 18.7 Å². The molecule has 2 atom stereocenters. The van der Waals surface area contributed by atoms with Crippen molar-refractivity contribution in [1.82, 2.24) is 5.32 Å². The topological polar surface area (TPSA) is 58.6 Å². The number of dihydropyridines is 1. The lowest BCUT2D eigenvalue weighted by molar-refractivity contribution is -0.136. The van der Waals surface area contributed by atoms with Gasteiger partial charge in [-0.25, -0.2) is 9.18 Å². The molecule has 2 aromatic rings. The molecule has 1 N–H and O–H groups in total. The monoisotopic (exact) mass is 468 g/mol. The molecule has 2 aromatic carbocycles. The van der Waals surface area contributed by atoms with Crippen LogP contribution < -0.4 is 10.2 Å². The Morgan fingerprint density at radius 1 is 1.15 bits per heavy atom. The van der Waals surface area contributed by atoms with Crippen LogP contribution in [-0.4, -0.2) is 33.0 Å². The molecule has 1 heterocycles. The first kappa shape index (κ1) is 23.1. The van der Waals surface area contributed by atoms with Crippen LogP contribution in [0.25, 0.3) is 0 Å². The normalized spacial score (nSPS) is 20.4. The quantitative estimate of drug-likeness (QED) is 0.634. The molecule has 0 fully saturated rings. The van der Waals surface area contributed by atoms with Crippen LogP contribution in [0.3, 0.4) is 0 Å². The number of hydrogen-bond donors (Lipinski definition) is 1. The Kier molecular flexibility index (Phi) is 6.30. The Morgan fingerprint density at radius 2 is 1.85 bits per heavy atom. The summed E-state index contributed by atoms with van der Waals surface area (Å²) in [4.78, 5) is 28.3. The maximum absolute atomic E-state index is 13.5. The van der Waals surface area contributed by atoms with E-state index in [0.717, 1.165) is 16.9 Å². The molecule has 4 rings (SSSR count). The van der Waals surface area contributed by atoms with Gasteiger partial charge in [-0.2, -0.15) is 0 Å². The number of anilines is 1. The van der Waals surface area contributed by atoms with Gasteiger partial charge < -0.3 is 15.0 Å². The molecule has 1 aliphatic carbocycles. The number of Topliss-reactive ketones (excluding diaryl/α,β-unsaturated/α-hetero) is 1. The summed E-state index contributed by atoms with van der Waals surface area (Å²) in [6.45, 7) is 1.80. The molecular formula is C26H26ClFN2O3. The number of ether oxygens (including phenoxy) is 1. The van der Waals surface area contributed by atoms with Crippen LogP contribution in [0.2, 0.25) is 5.02 Å². The van der Waals surface area contributed by atoms with Crippen molar-refractivity contribution in [1.29, 1.82) is 0 Å². The highest BCUT2D eigenvalue weighted by atomic mass is 35.5. The molecule has 5 nitrogen and oxygen atoms in total. The highest BCUT2D eigenvalue weighted by molar-refractivity contribution is 6.32. The van der Waals surface area contributed by atoms with Gasteiger partial charge >= 0.3 is 5.97 Å². The van der Waals surface area contributed by atoms with E-state index in [-0.39, 0.29) is 23.9 Å². The molecule has 0 radical (unpaired) electrons. The number of allylic oxidation sites excluding steroid dienone is 3. The van der Waals surface area contributed by atoms with Crippen LogP contribution in [-0.2, 0) is 14.3 Å². The summed E-state index contributed by atoms with van der Waals surface area (Å²) in [5.74, 6) is -1.58. The van der Waals surface area contributed by atoms with Gasteiger partial charge in [0, 0.05) is 54.1 Å². The Hall–Kier alpha value is -3.12. The SMILES string of the molecule is COC(=O)C1=C(C)NC2=C(C(=O)C[C@H](c3ccc(F)cc3)C2)[C@H]1c1ccc(N(C)C)cc1Cl. The number of esters is 1. The highest BCUT2D eigenvalue weighted by Crippen LogP contribution is 2.47. The Bertz CT molecular complexity index is 1180. The van der Waals surface area contributed by atoms with Gasteiger partial charge in [0.15, 0.2) is 5.78 Å². The number of carbonyl (C=O) groups excluding carboxylic acids is 2. The summed E-state index contributed by atoms with van der Waals surface area (Å²) < 4.78 is 18.5. The van der Waals surface area contributed by atoms with Crippen LogP contribution >= 0.6 is 11.6 Å². The van der Waals surface area contributed by atoms with E-state index in [9.17, 15) is 14.0 Å². The smallest absolute Gasteiger partial charge is 0.336 e. The van der Waals surface area contributed by atoms with Crippen molar-refractivity contribution in [2.24, 2.45) is 0 Å². The fourth-order valence-electron chi connectivity index (χ4n) is 4.73. The van der Waals surface area contributed by atoms with E-state index in [1.807, 2.05) is 37.2 Å². The molecule has 0 aromatic heterocycles. The third-order valence-corrected chi connectivity index (χ3v) is 6.71. The van der Waals surface area contributed by atoms with E-state index in [1.54, 1.807) is 19.1 Å². The summed E-state index contributed by atoms with van der Waals surface area (Å²) in [5.41, 5.74) is 4.82. The molecule has 0 bridgehead atoms. The number of halogens is 2. The number of nitrogens with one attached hydrogen (secondary N) is 1. The molecule has 0 saturated heterocycles. The first-order chi connectivity index (χ1) is 15.7. The van der Waals surface area contributed by atoms with Crippen molar-refractivity contribution >= 4 is 29.0 Å². The van der Waals surface area contributed by atoms with E-state index in [4.69, 9.17) is 16.3 Å². The number of hydrogen-bond acceptors (Lipinski definition) is 5. The van der Waals surface area contributed by atoms with E-state index in [2.05, 4.69) is 5.32 Å². The number of ketones is 1. The van der Waals surface area contributed by atoms with E-state index in [1.165, 1.54) is 19.2 Å². The molecule has 0 unspecified atom stereocenters. The minimum Gasteiger partial charge on any atom is -0.466 e. The Morgan fingerprint density at radius 3 is 2.45 bits per heavy atom. The lowest BCUT2D eigenvalue weighted by Crippen LogP contribution is -2.36. The van der Waals surface area contributed by atoms with E-state index < -0.39 is 11.9 Å².